The number of benzene rings is 2. The normalized spacial score (nSPS) is 11.2. The van der Waals surface area contributed by atoms with Gasteiger partial charge in [0.25, 0.3) is 0 Å². The summed E-state index contributed by atoms with van der Waals surface area (Å²) in [5.74, 6) is 1.14. The molecule has 0 aromatic heterocycles. The van der Waals surface area contributed by atoms with Crippen molar-refractivity contribution in [2.24, 2.45) is 5.41 Å². The van der Waals surface area contributed by atoms with Crippen LogP contribution in [-0.2, 0) is 11.4 Å². The Balaban J connectivity index is 1.74. The highest BCUT2D eigenvalue weighted by atomic mass is 16.5. The van der Waals surface area contributed by atoms with Crippen molar-refractivity contribution in [1.82, 2.24) is 0 Å². The number of phenolic OH excluding ortho intramolecular Hbond substituents is 1. The van der Waals surface area contributed by atoms with Crippen LogP contribution in [0.1, 0.15) is 80.8 Å². The van der Waals surface area contributed by atoms with Crippen LogP contribution in [0.4, 0.5) is 0 Å². The van der Waals surface area contributed by atoms with E-state index >= 15 is 0 Å². The summed E-state index contributed by atoms with van der Waals surface area (Å²) in [6, 6.07) is 12.6. The molecule has 0 aliphatic carbocycles. The number of carbonyl (C=O) groups is 2. The molecule has 1 N–H and O–H groups in total. The first-order valence-electron chi connectivity index (χ1n) is 10.9. The van der Waals surface area contributed by atoms with Gasteiger partial charge in [-0.15, -0.1) is 0 Å². The molecule has 166 valence electrons. The van der Waals surface area contributed by atoms with E-state index in [2.05, 4.69) is 6.58 Å². The fourth-order valence-electron chi connectivity index (χ4n) is 3.26. The number of Topliss-reactive ketones (excluding diaryl/α,β-unsaturated/α-hetero) is 2. The summed E-state index contributed by atoms with van der Waals surface area (Å²) in [5, 5.41) is 9.86. The molecule has 31 heavy (non-hydrogen) atoms. The van der Waals surface area contributed by atoms with E-state index in [0.29, 0.717) is 42.1 Å². The first kappa shape index (κ1) is 24.4. The number of unbranched alkanes of at least 4 members (excludes halogenated alkanes) is 3. The van der Waals surface area contributed by atoms with Crippen molar-refractivity contribution >= 4 is 17.6 Å². The van der Waals surface area contributed by atoms with Crippen LogP contribution in [0.25, 0.3) is 6.08 Å². The number of hydrogen-bond acceptors (Lipinski definition) is 4. The summed E-state index contributed by atoms with van der Waals surface area (Å²) in [4.78, 5) is 24.3. The van der Waals surface area contributed by atoms with E-state index in [1.165, 1.54) is 0 Å². The van der Waals surface area contributed by atoms with Crippen molar-refractivity contribution < 1.29 is 19.4 Å². The molecule has 0 aliphatic heterocycles. The zero-order valence-corrected chi connectivity index (χ0v) is 18.9. The zero-order chi connectivity index (χ0) is 22.9. The third-order valence-corrected chi connectivity index (χ3v) is 5.31. The fourth-order valence-corrected chi connectivity index (χ4v) is 3.26. The fraction of sp³-hybridized carbons (Fsp3) is 0.407. The summed E-state index contributed by atoms with van der Waals surface area (Å²) in [6.45, 7) is 9.91. The highest BCUT2D eigenvalue weighted by Gasteiger charge is 2.19. The Labute approximate surface area is 186 Å². The van der Waals surface area contributed by atoms with Crippen LogP contribution < -0.4 is 4.74 Å². The van der Waals surface area contributed by atoms with Crippen molar-refractivity contribution in [3.63, 3.8) is 0 Å². The molecular weight excluding hydrogens is 388 g/mol. The van der Waals surface area contributed by atoms with E-state index in [0.717, 1.165) is 31.2 Å². The summed E-state index contributed by atoms with van der Waals surface area (Å²) in [7, 11) is 0. The number of phenols is 1. The van der Waals surface area contributed by atoms with Crippen molar-refractivity contribution in [2.75, 3.05) is 0 Å². The van der Waals surface area contributed by atoms with Gasteiger partial charge in [0.2, 0.25) is 0 Å². The number of hydrogen-bond donors (Lipinski definition) is 1. The zero-order valence-electron chi connectivity index (χ0n) is 18.9. The summed E-state index contributed by atoms with van der Waals surface area (Å²) in [5.41, 5.74) is 1.95. The second-order valence-electron chi connectivity index (χ2n) is 8.89. The lowest BCUT2D eigenvalue weighted by Crippen LogP contribution is -2.19. The van der Waals surface area contributed by atoms with E-state index in [4.69, 9.17) is 4.74 Å². The molecule has 0 heterocycles. The Morgan fingerprint density at radius 3 is 2.23 bits per heavy atom. The maximum atomic E-state index is 12.4. The molecule has 2 aromatic rings. The van der Waals surface area contributed by atoms with Crippen LogP contribution >= 0.6 is 0 Å². The third kappa shape index (κ3) is 7.71. The standard InChI is InChI=1S/C27H34O4/c1-5-22-24(29)12-10-13-25(22)31-19-20-15-17-21(18-16-20)23(28)11-8-6-7-9-14-26(30)27(2,3)4/h5,10,12-13,15-18,29H,1,6-9,11,14,19H2,2-4H3. The molecule has 0 saturated carbocycles. The topological polar surface area (TPSA) is 63.6 Å². The Bertz CT molecular complexity index is 888. The van der Waals surface area contributed by atoms with Crippen LogP contribution in [0.2, 0.25) is 0 Å². The molecule has 0 bridgehead atoms. The molecule has 0 spiro atoms. The predicted octanol–water partition coefficient (Wildman–Crippen LogP) is 6.75. The molecule has 2 rings (SSSR count). The second-order valence-corrected chi connectivity index (χ2v) is 8.89. The average Bonchev–Trinajstić information content (AvgIpc) is 2.74. The minimum absolute atomic E-state index is 0.134. The minimum Gasteiger partial charge on any atom is -0.507 e. The van der Waals surface area contributed by atoms with Crippen LogP contribution in [0.3, 0.4) is 0 Å². The van der Waals surface area contributed by atoms with Gasteiger partial charge in [-0.25, -0.2) is 0 Å². The first-order chi connectivity index (χ1) is 14.7. The van der Waals surface area contributed by atoms with Gasteiger partial charge in [-0.05, 0) is 30.5 Å². The van der Waals surface area contributed by atoms with Crippen LogP contribution in [0.15, 0.2) is 49.0 Å². The summed E-state index contributed by atoms with van der Waals surface area (Å²) in [6.07, 6.45) is 6.39. The molecule has 0 radical (unpaired) electrons. The molecule has 0 fully saturated rings. The molecule has 4 heteroatoms. The van der Waals surface area contributed by atoms with Crippen molar-refractivity contribution in [3.05, 3.63) is 65.7 Å². The summed E-state index contributed by atoms with van der Waals surface area (Å²) < 4.78 is 5.80. The molecule has 0 aliphatic rings. The second kappa shape index (κ2) is 11.5. The number of rotatable bonds is 12. The Morgan fingerprint density at radius 1 is 0.968 bits per heavy atom. The van der Waals surface area contributed by atoms with E-state index in [-0.39, 0.29) is 16.9 Å². The first-order valence-corrected chi connectivity index (χ1v) is 10.9. The molecule has 4 nitrogen and oxygen atoms in total. The quantitative estimate of drug-likeness (QED) is 0.303. The maximum Gasteiger partial charge on any atom is 0.162 e. The highest BCUT2D eigenvalue weighted by molar-refractivity contribution is 5.96. The van der Waals surface area contributed by atoms with E-state index < -0.39 is 0 Å². The molecule has 0 saturated heterocycles. The number of ether oxygens (including phenoxy) is 1. The van der Waals surface area contributed by atoms with Gasteiger partial charge in [0.15, 0.2) is 5.78 Å². The third-order valence-electron chi connectivity index (χ3n) is 5.31. The lowest BCUT2D eigenvalue weighted by atomic mass is 9.88. The Hall–Kier alpha value is -2.88. The van der Waals surface area contributed by atoms with Gasteiger partial charge in [-0.2, -0.15) is 0 Å². The summed E-state index contributed by atoms with van der Waals surface area (Å²) >= 11 is 0. The lowest BCUT2D eigenvalue weighted by Gasteiger charge is -2.16. The molecular formula is C27H34O4. The van der Waals surface area contributed by atoms with Gasteiger partial charge in [-0.1, -0.05) is 76.6 Å². The number of ketones is 2. The van der Waals surface area contributed by atoms with E-state index in [9.17, 15) is 14.7 Å². The lowest BCUT2D eigenvalue weighted by molar-refractivity contribution is -0.126. The predicted molar refractivity (Wildman–Crippen MR) is 125 cm³/mol. The monoisotopic (exact) mass is 422 g/mol. The van der Waals surface area contributed by atoms with Gasteiger partial charge in [-0.3, -0.25) is 9.59 Å². The minimum atomic E-state index is -0.260. The smallest absolute Gasteiger partial charge is 0.162 e. The number of carbonyl (C=O) groups excluding carboxylic acids is 2. The van der Waals surface area contributed by atoms with Gasteiger partial charge < -0.3 is 9.84 Å². The van der Waals surface area contributed by atoms with Crippen LogP contribution in [0.5, 0.6) is 11.5 Å². The molecule has 0 amide bonds. The Kier molecular flexibility index (Phi) is 9.04. The van der Waals surface area contributed by atoms with Crippen LogP contribution in [-0.4, -0.2) is 16.7 Å². The maximum absolute atomic E-state index is 12.4. The van der Waals surface area contributed by atoms with E-state index in [1.54, 1.807) is 24.3 Å². The van der Waals surface area contributed by atoms with Gasteiger partial charge in [0.1, 0.15) is 23.9 Å². The molecule has 2 aromatic carbocycles. The molecule has 0 atom stereocenters. The van der Waals surface area contributed by atoms with Crippen molar-refractivity contribution in [2.45, 2.75) is 65.9 Å². The molecule has 0 unspecified atom stereocenters. The van der Waals surface area contributed by atoms with Gasteiger partial charge in [0.05, 0.1) is 5.56 Å². The number of aromatic hydroxyl groups is 1. The largest absolute Gasteiger partial charge is 0.507 e. The van der Waals surface area contributed by atoms with Gasteiger partial charge in [0, 0.05) is 23.8 Å². The SMILES string of the molecule is C=Cc1c(O)cccc1OCc1ccc(C(=O)CCCCCCC(=O)C(C)(C)C)cc1. The van der Waals surface area contributed by atoms with Crippen molar-refractivity contribution in [1.29, 1.82) is 0 Å². The van der Waals surface area contributed by atoms with Crippen LogP contribution in [0, 0.1) is 5.41 Å². The van der Waals surface area contributed by atoms with Gasteiger partial charge >= 0.3 is 0 Å². The Morgan fingerprint density at radius 2 is 1.61 bits per heavy atom. The average molecular weight is 423 g/mol. The van der Waals surface area contributed by atoms with E-state index in [1.807, 2.05) is 45.0 Å². The van der Waals surface area contributed by atoms with Crippen molar-refractivity contribution in [3.8, 4) is 11.5 Å². The highest BCUT2D eigenvalue weighted by Crippen LogP contribution is 2.29.